The van der Waals surface area contributed by atoms with E-state index in [1.807, 2.05) is 17.0 Å². The van der Waals surface area contributed by atoms with Crippen LogP contribution in [0.25, 0.3) is 0 Å². The van der Waals surface area contributed by atoms with Crippen LogP contribution in [-0.4, -0.2) is 28.9 Å². The zero-order valence-electron chi connectivity index (χ0n) is 10.0. The van der Waals surface area contributed by atoms with Crippen LogP contribution >= 0.6 is 15.9 Å². The van der Waals surface area contributed by atoms with Crippen LogP contribution in [-0.2, 0) is 11.2 Å². The summed E-state index contributed by atoms with van der Waals surface area (Å²) < 4.78 is 0.884. The maximum absolute atomic E-state index is 11.4. The number of rotatable bonds is 2. The number of hydrogen-bond donors (Lipinski definition) is 0. The van der Waals surface area contributed by atoms with Gasteiger partial charge >= 0.3 is 0 Å². The molecule has 0 bridgehead atoms. The van der Waals surface area contributed by atoms with E-state index in [4.69, 9.17) is 0 Å². The molecule has 1 aromatic heterocycles. The molecule has 0 aliphatic carbocycles. The summed E-state index contributed by atoms with van der Waals surface area (Å²) >= 11 is 3.39. The molecule has 1 aliphatic rings. The molecule has 0 N–H and O–H groups in total. The van der Waals surface area contributed by atoms with Crippen molar-refractivity contribution in [2.24, 2.45) is 5.92 Å². The lowest BCUT2D eigenvalue weighted by Crippen LogP contribution is -2.39. The Hall–Kier alpha value is -0.900. The Morgan fingerprint density at radius 2 is 2.41 bits per heavy atom. The molecular formula is C13H17BrN2O. The first-order valence-electron chi connectivity index (χ1n) is 6.02. The Morgan fingerprint density at radius 3 is 3.12 bits per heavy atom. The van der Waals surface area contributed by atoms with E-state index < -0.39 is 0 Å². The number of amides is 1. The van der Waals surface area contributed by atoms with E-state index in [1.165, 1.54) is 6.42 Å². The third kappa shape index (κ3) is 3.53. The quantitative estimate of drug-likeness (QED) is 0.786. The van der Waals surface area contributed by atoms with Gasteiger partial charge in [-0.2, -0.15) is 0 Å². The molecule has 1 amide bonds. The topological polar surface area (TPSA) is 33.2 Å². The van der Waals surface area contributed by atoms with Gasteiger partial charge in [-0.1, -0.05) is 6.07 Å². The molecule has 1 atom stereocenters. The number of aromatic nitrogens is 1. The third-order valence-electron chi connectivity index (χ3n) is 3.23. The molecule has 4 heteroatoms. The maximum atomic E-state index is 11.4. The molecule has 17 heavy (non-hydrogen) atoms. The van der Waals surface area contributed by atoms with Crippen molar-refractivity contribution in [1.82, 2.24) is 9.88 Å². The average molecular weight is 297 g/mol. The monoisotopic (exact) mass is 296 g/mol. The van der Waals surface area contributed by atoms with Gasteiger partial charge in [0.1, 0.15) is 4.60 Å². The molecule has 2 rings (SSSR count). The smallest absolute Gasteiger partial charge is 0.219 e. The molecule has 0 unspecified atom stereocenters. The van der Waals surface area contributed by atoms with Gasteiger partial charge in [0.15, 0.2) is 0 Å². The molecule has 0 radical (unpaired) electrons. The summed E-state index contributed by atoms with van der Waals surface area (Å²) in [6.07, 6.45) is 3.26. The summed E-state index contributed by atoms with van der Waals surface area (Å²) in [5.74, 6) is 0.742. The van der Waals surface area contributed by atoms with E-state index in [0.29, 0.717) is 5.92 Å². The summed E-state index contributed by atoms with van der Waals surface area (Å²) in [5.41, 5.74) is 1.11. The number of pyridine rings is 1. The second-order valence-corrected chi connectivity index (χ2v) is 5.44. The van der Waals surface area contributed by atoms with E-state index >= 15 is 0 Å². The maximum Gasteiger partial charge on any atom is 0.219 e. The molecule has 0 spiro atoms. The normalized spacial score (nSPS) is 20.4. The van der Waals surface area contributed by atoms with Gasteiger partial charge in [-0.15, -0.1) is 0 Å². The fourth-order valence-corrected chi connectivity index (χ4v) is 2.76. The molecule has 2 heterocycles. The van der Waals surface area contributed by atoms with Gasteiger partial charge in [0, 0.05) is 25.7 Å². The van der Waals surface area contributed by atoms with Crippen molar-refractivity contribution in [1.29, 1.82) is 0 Å². The Bertz CT molecular complexity index is 408. The van der Waals surface area contributed by atoms with Crippen molar-refractivity contribution in [3.8, 4) is 0 Å². The number of carbonyl (C=O) groups is 1. The summed E-state index contributed by atoms with van der Waals surface area (Å²) in [7, 11) is 0. The van der Waals surface area contributed by atoms with Crippen molar-refractivity contribution in [3.63, 3.8) is 0 Å². The summed E-state index contributed by atoms with van der Waals surface area (Å²) in [6, 6.07) is 6.00. The fourth-order valence-electron chi connectivity index (χ4n) is 2.38. The molecule has 0 aromatic carbocycles. The number of nitrogens with zero attached hydrogens (tertiary/aromatic N) is 2. The molecule has 0 saturated carbocycles. The summed E-state index contributed by atoms with van der Waals surface area (Å²) in [5, 5.41) is 0. The highest BCUT2D eigenvalue weighted by atomic mass is 79.9. The molecular weight excluding hydrogens is 280 g/mol. The van der Waals surface area contributed by atoms with Crippen LogP contribution in [0.5, 0.6) is 0 Å². The number of piperidine rings is 1. The number of likely N-dealkylation sites (tertiary alicyclic amines) is 1. The van der Waals surface area contributed by atoms with Crippen LogP contribution in [0.4, 0.5) is 0 Å². The molecule has 1 aromatic rings. The highest BCUT2D eigenvalue weighted by Gasteiger charge is 2.21. The van der Waals surface area contributed by atoms with Crippen LogP contribution < -0.4 is 0 Å². The molecule has 1 aliphatic heterocycles. The highest BCUT2D eigenvalue weighted by Crippen LogP contribution is 2.20. The minimum absolute atomic E-state index is 0.192. The van der Waals surface area contributed by atoms with Crippen LogP contribution in [0.2, 0.25) is 0 Å². The second-order valence-electron chi connectivity index (χ2n) is 4.63. The first-order chi connectivity index (χ1) is 8.15. The number of hydrogen-bond acceptors (Lipinski definition) is 2. The first-order valence-corrected chi connectivity index (χ1v) is 6.81. The van der Waals surface area contributed by atoms with Gasteiger partial charge in [0.05, 0.1) is 0 Å². The van der Waals surface area contributed by atoms with Crippen LogP contribution in [0.1, 0.15) is 25.5 Å². The van der Waals surface area contributed by atoms with E-state index in [9.17, 15) is 4.79 Å². The molecule has 1 saturated heterocycles. The van der Waals surface area contributed by atoms with Crippen molar-refractivity contribution >= 4 is 21.8 Å². The predicted octanol–water partition coefficient (Wildman–Crippen LogP) is 2.65. The van der Waals surface area contributed by atoms with Gasteiger partial charge in [0.2, 0.25) is 5.91 Å². The Morgan fingerprint density at radius 1 is 1.59 bits per heavy atom. The van der Waals surface area contributed by atoms with Crippen molar-refractivity contribution in [2.75, 3.05) is 13.1 Å². The fraction of sp³-hybridized carbons (Fsp3) is 0.538. The lowest BCUT2D eigenvalue weighted by atomic mass is 9.93. The van der Waals surface area contributed by atoms with Gasteiger partial charge in [-0.25, -0.2) is 4.98 Å². The van der Waals surface area contributed by atoms with Crippen molar-refractivity contribution in [3.05, 3.63) is 28.5 Å². The van der Waals surface area contributed by atoms with Crippen molar-refractivity contribution < 1.29 is 4.79 Å². The van der Waals surface area contributed by atoms with E-state index in [2.05, 4.69) is 27.0 Å². The Kier molecular flexibility index (Phi) is 4.15. The highest BCUT2D eigenvalue weighted by molar-refractivity contribution is 9.10. The SMILES string of the molecule is CC(=O)N1CCC[C@@H](Cc2cccc(Br)n2)C1. The van der Waals surface area contributed by atoms with Gasteiger partial charge in [0.25, 0.3) is 0 Å². The minimum Gasteiger partial charge on any atom is -0.343 e. The largest absolute Gasteiger partial charge is 0.343 e. The Labute approximate surface area is 110 Å². The third-order valence-corrected chi connectivity index (χ3v) is 3.68. The minimum atomic E-state index is 0.192. The lowest BCUT2D eigenvalue weighted by molar-refractivity contribution is -0.130. The van der Waals surface area contributed by atoms with Crippen LogP contribution in [0.3, 0.4) is 0 Å². The summed E-state index contributed by atoms with van der Waals surface area (Å²) in [4.78, 5) is 17.8. The van der Waals surface area contributed by atoms with E-state index in [0.717, 1.165) is 36.2 Å². The average Bonchev–Trinajstić information content (AvgIpc) is 2.29. The van der Waals surface area contributed by atoms with Crippen molar-refractivity contribution in [2.45, 2.75) is 26.2 Å². The van der Waals surface area contributed by atoms with Gasteiger partial charge < -0.3 is 4.90 Å². The number of halogens is 1. The second kappa shape index (κ2) is 5.63. The lowest BCUT2D eigenvalue weighted by Gasteiger charge is -2.31. The van der Waals surface area contributed by atoms with Gasteiger partial charge in [-0.05, 0) is 53.2 Å². The zero-order chi connectivity index (χ0) is 12.3. The zero-order valence-corrected chi connectivity index (χ0v) is 11.6. The van der Waals surface area contributed by atoms with E-state index in [1.54, 1.807) is 6.92 Å². The molecule has 92 valence electrons. The first kappa shape index (κ1) is 12.6. The summed E-state index contributed by atoms with van der Waals surface area (Å²) in [6.45, 7) is 3.45. The Balaban J connectivity index is 1.97. The molecule has 1 fully saturated rings. The van der Waals surface area contributed by atoms with E-state index in [-0.39, 0.29) is 5.91 Å². The van der Waals surface area contributed by atoms with Crippen LogP contribution in [0.15, 0.2) is 22.8 Å². The van der Waals surface area contributed by atoms with Gasteiger partial charge in [-0.3, -0.25) is 4.79 Å². The van der Waals surface area contributed by atoms with Crippen LogP contribution in [0, 0.1) is 5.92 Å². The number of carbonyl (C=O) groups excluding carboxylic acids is 1. The molecule has 3 nitrogen and oxygen atoms in total. The predicted molar refractivity (Wildman–Crippen MR) is 70.6 cm³/mol. The standard InChI is InChI=1S/C13H17BrN2O/c1-10(17)16-7-3-4-11(9-16)8-12-5-2-6-13(14)15-12/h2,5-6,11H,3-4,7-9H2,1H3/t11-/m0/s1.